The molecule has 1 saturated heterocycles. The Morgan fingerprint density at radius 2 is 1.58 bits per heavy atom. The first-order valence-corrected chi connectivity index (χ1v) is 10.3. The van der Waals surface area contributed by atoms with Gasteiger partial charge in [-0.3, -0.25) is 9.88 Å². The molecule has 0 aromatic carbocycles. The molecule has 1 aromatic heterocycles. The minimum atomic E-state index is 1.05. The van der Waals surface area contributed by atoms with Crippen molar-refractivity contribution in [3.05, 3.63) is 30.1 Å². The van der Waals surface area contributed by atoms with Gasteiger partial charge in [-0.2, -0.15) is 35.3 Å². The highest BCUT2D eigenvalue weighted by Gasteiger charge is 2.07. The average molecular weight is 315 g/mol. The molecule has 0 radical (unpaired) electrons. The molecule has 0 atom stereocenters. The van der Waals surface area contributed by atoms with Crippen LogP contribution in [-0.4, -0.2) is 57.5 Å². The summed E-state index contributed by atoms with van der Waals surface area (Å²) >= 11 is 6.30. The second-order valence-electron chi connectivity index (χ2n) is 4.47. The van der Waals surface area contributed by atoms with Gasteiger partial charge in [0.1, 0.15) is 0 Å². The molecule has 2 nitrogen and oxygen atoms in total. The summed E-state index contributed by atoms with van der Waals surface area (Å²) in [6.07, 6.45) is 3.84. The maximum absolute atomic E-state index is 4.21. The molecular formula is C14H22N2S3. The van der Waals surface area contributed by atoms with Gasteiger partial charge >= 0.3 is 0 Å². The Balaban J connectivity index is 1.81. The molecule has 0 spiro atoms. The van der Waals surface area contributed by atoms with Crippen LogP contribution >= 0.6 is 35.3 Å². The molecule has 1 aliphatic heterocycles. The Morgan fingerprint density at radius 1 is 0.947 bits per heavy atom. The molecule has 0 aliphatic carbocycles. The van der Waals surface area contributed by atoms with Crippen LogP contribution < -0.4 is 0 Å². The highest BCUT2D eigenvalue weighted by Crippen LogP contribution is 2.13. The second kappa shape index (κ2) is 9.97. The van der Waals surface area contributed by atoms with E-state index < -0.39 is 0 Å². The fourth-order valence-electron chi connectivity index (χ4n) is 1.95. The van der Waals surface area contributed by atoms with Gasteiger partial charge < -0.3 is 0 Å². The van der Waals surface area contributed by atoms with Crippen molar-refractivity contribution in [1.29, 1.82) is 0 Å². The predicted octanol–water partition coefficient (Wildman–Crippen LogP) is 3.10. The van der Waals surface area contributed by atoms with Crippen LogP contribution in [0.25, 0.3) is 0 Å². The third kappa shape index (κ3) is 6.93. The predicted molar refractivity (Wildman–Crippen MR) is 91.5 cm³/mol. The first kappa shape index (κ1) is 15.5. The number of pyridine rings is 1. The zero-order valence-corrected chi connectivity index (χ0v) is 13.7. The molecule has 2 rings (SSSR count). The number of aromatic nitrogens is 1. The first-order chi connectivity index (χ1) is 9.45. The molecular weight excluding hydrogens is 292 g/mol. The minimum Gasteiger partial charge on any atom is -0.297 e. The van der Waals surface area contributed by atoms with Gasteiger partial charge in [0.2, 0.25) is 0 Å². The lowest BCUT2D eigenvalue weighted by atomic mass is 10.2. The van der Waals surface area contributed by atoms with Crippen LogP contribution in [0.5, 0.6) is 0 Å². The van der Waals surface area contributed by atoms with Crippen molar-refractivity contribution in [3.63, 3.8) is 0 Å². The fourth-order valence-corrected chi connectivity index (χ4v) is 5.22. The first-order valence-electron chi connectivity index (χ1n) is 6.79. The van der Waals surface area contributed by atoms with Crippen LogP contribution in [-0.2, 0) is 6.54 Å². The van der Waals surface area contributed by atoms with Gasteiger partial charge in [-0.1, -0.05) is 6.07 Å². The molecule has 2 heterocycles. The van der Waals surface area contributed by atoms with Gasteiger partial charge in [0.05, 0.1) is 0 Å². The van der Waals surface area contributed by atoms with E-state index in [2.05, 4.69) is 51.2 Å². The highest BCUT2D eigenvalue weighted by atomic mass is 32.2. The molecule has 1 fully saturated rings. The van der Waals surface area contributed by atoms with Gasteiger partial charge in [0.25, 0.3) is 0 Å². The Kier molecular flexibility index (Phi) is 8.16. The van der Waals surface area contributed by atoms with E-state index in [0.717, 1.165) is 6.54 Å². The molecule has 19 heavy (non-hydrogen) atoms. The van der Waals surface area contributed by atoms with E-state index in [-0.39, 0.29) is 0 Å². The summed E-state index contributed by atoms with van der Waals surface area (Å²) in [6, 6.07) is 4.21. The van der Waals surface area contributed by atoms with Crippen LogP contribution in [0, 0.1) is 0 Å². The van der Waals surface area contributed by atoms with Crippen molar-refractivity contribution in [2.24, 2.45) is 0 Å². The Bertz CT molecular complexity index is 323. The largest absolute Gasteiger partial charge is 0.297 e. The van der Waals surface area contributed by atoms with Crippen molar-refractivity contribution in [1.82, 2.24) is 9.88 Å². The summed E-state index contributed by atoms with van der Waals surface area (Å²) in [7, 11) is 0. The standard InChI is InChI=1S/C14H22N2S3/c1-2-14(12-15-3-1)13-16-4-6-17-8-10-19-11-9-18-7-5-16/h1-3,12H,4-11,13H2. The van der Waals surface area contributed by atoms with Crippen molar-refractivity contribution < 1.29 is 0 Å². The molecule has 1 aromatic rings. The van der Waals surface area contributed by atoms with Crippen LogP contribution in [0.3, 0.4) is 0 Å². The second-order valence-corrected chi connectivity index (χ2v) is 8.15. The van der Waals surface area contributed by atoms with Crippen molar-refractivity contribution in [2.75, 3.05) is 47.6 Å². The minimum absolute atomic E-state index is 1.05. The summed E-state index contributed by atoms with van der Waals surface area (Å²) in [5.74, 6) is 7.74. The van der Waals surface area contributed by atoms with Gasteiger partial charge in [0, 0.05) is 66.5 Å². The van der Waals surface area contributed by atoms with Gasteiger partial charge in [0.15, 0.2) is 0 Å². The maximum atomic E-state index is 4.21. The smallest absolute Gasteiger partial charge is 0.0312 e. The molecule has 0 bridgehead atoms. The van der Waals surface area contributed by atoms with E-state index in [0.29, 0.717) is 0 Å². The SMILES string of the molecule is c1cncc(CN2CCSCCSCCSCC2)c1. The number of hydrogen-bond donors (Lipinski definition) is 0. The summed E-state index contributed by atoms with van der Waals surface area (Å²) in [4.78, 5) is 6.79. The lowest BCUT2D eigenvalue weighted by Crippen LogP contribution is -2.28. The average Bonchev–Trinajstić information content (AvgIpc) is 2.43. The lowest BCUT2D eigenvalue weighted by molar-refractivity contribution is 0.300. The molecule has 0 N–H and O–H groups in total. The third-order valence-corrected chi connectivity index (χ3v) is 6.41. The number of hydrogen-bond acceptors (Lipinski definition) is 5. The number of nitrogens with zero attached hydrogens (tertiary/aromatic N) is 2. The van der Waals surface area contributed by atoms with Crippen LogP contribution in [0.2, 0.25) is 0 Å². The molecule has 0 amide bonds. The summed E-state index contributed by atoms with van der Waals surface area (Å²) in [6.45, 7) is 3.44. The zero-order valence-electron chi connectivity index (χ0n) is 11.3. The summed E-state index contributed by atoms with van der Waals surface area (Å²) in [5.41, 5.74) is 1.33. The topological polar surface area (TPSA) is 16.1 Å². The van der Waals surface area contributed by atoms with E-state index in [1.807, 2.05) is 18.5 Å². The van der Waals surface area contributed by atoms with Gasteiger partial charge in [-0.05, 0) is 11.6 Å². The lowest BCUT2D eigenvalue weighted by Gasteiger charge is -2.22. The normalized spacial score (nSPS) is 20.4. The van der Waals surface area contributed by atoms with Crippen LogP contribution in [0.1, 0.15) is 5.56 Å². The molecule has 106 valence electrons. The van der Waals surface area contributed by atoms with E-state index in [1.54, 1.807) is 0 Å². The number of thioether (sulfide) groups is 3. The summed E-state index contributed by atoms with van der Waals surface area (Å²) < 4.78 is 0. The van der Waals surface area contributed by atoms with Crippen LogP contribution in [0.4, 0.5) is 0 Å². The van der Waals surface area contributed by atoms with Crippen molar-refractivity contribution in [2.45, 2.75) is 6.54 Å². The monoisotopic (exact) mass is 314 g/mol. The van der Waals surface area contributed by atoms with Crippen LogP contribution in [0.15, 0.2) is 24.5 Å². The molecule has 0 unspecified atom stereocenters. The Morgan fingerprint density at radius 3 is 2.16 bits per heavy atom. The Labute approximate surface area is 129 Å². The van der Waals surface area contributed by atoms with E-state index in [9.17, 15) is 0 Å². The van der Waals surface area contributed by atoms with E-state index >= 15 is 0 Å². The van der Waals surface area contributed by atoms with E-state index in [4.69, 9.17) is 0 Å². The van der Waals surface area contributed by atoms with Crippen molar-refractivity contribution in [3.8, 4) is 0 Å². The van der Waals surface area contributed by atoms with Gasteiger partial charge in [-0.25, -0.2) is 0 Å². The summed E-state index contributed by atoms with van der Waals surface area (Å²) in [5, 5.41) is 0. The van der Waals surface area contributed by atoms with E-state index in [1.165, 1.54) is 53.2 Å². The quantitative estimate of drug-likeness (QED) is 0.831. The van der Waals surface area contributed by atoms with Crippen molar-refractivity contribution >= 4 is 35.3 Å². The maximum Gasteiger partial charge on any atom is 0.0312 e. The zero-order chi connectivity index (χ0) is 13.2. The number of rotatable bonds is 2. The Hall–Kier alpha value is 0.160. The third-order valence-electron chi connectivity index (χ3n) is 2.98. The molecule has 5 heteroatoms. The fraction of sp³-hybridized carbons (Fsp3) is 0.643. The highest BCUT2D eigenvalue weighted by molar-refractivity contribution is 8.04. The molecule has 1 aliphatic rings. The van der Waals surface area contributed by atoms with Gasteiger partial charge in [-0.15, -0.1) is 0 Å². The molecule has 0 saturated carbocycles.